The summed E-state index contributed by atoms with van der Waals surface area (Å²) in [7, 11) is 0. The van der Waals surface area contributed by atoms with Crippen LogP contribution in [0, 0.1) is 5.41 Å². The summed E-state index contributed by atoms with van der Waals surface area (Å²) in [4.78, 5) is 23.1. The molecule has 2 saturated carbocycles. The fourth-order valence-corrected chi connectivity index (χ4v) is 3.49. The molecular weight excluding hydrogens is 280 g/mol. The topological polar surface area (TPSA) is 55.4 Å². The molecule has 2 fully saturated rings. The van der Waals surface area contributed by atoms with Gasteiger partial charge < -0.3 is 14.8 Å². The normalized spacial score (nSPS) is 25.8. The maximum absolute atomic E-state index is 13.2. The number of halogens is 2. The van der Waals surface area contributed by atoms with Crippen LogP contribution in [0.2, 0.25) is 0 Å². The molecule has 4 nitrogen and oxygen atoms in total. The molecule has 0 bridgehead atoms. The van der Waals surface area contributed by atoms with Crippen LogP contribution in [0.3, 0.4) is 0 Å². The van der Waals surface area contributed by atoms with Gasteiger partial charge in [0, 0.05) is 12.8 Å². The molecule has 21 heavy (non-hydrogen) atoms. The van der Waals surface area contributed by atoms with Crippen LogP contribution in [0.25, 0.3) is 0 Å². The highest BCUT2D eigenvalue weighted by Gasteiger charge is 2.58. The Morgan fingerprint density at radius 2 is 1.67 bits per heavy atom. The van der Waals surface area contributed by atoms with Gasteiger partial charge in [-0.3, -0.25) is 0 Å². The Hall–Kier alpha value is -1.20. The number of rotatable bonds is 2. The minimum Gasteiger partial charge on any atom is -0.444 e. The van der Waals surface area contributed by atoms with Crippen molar-refractivity contribution < 1.29 is 23.1 Å². The van der Waals surface area contributed by atoms with E-state index in [4.69, 9.17) is 4.74 Å². The highest BCUT2D eigenvalue weighted by molar-refractivity contribution is 5.78. The summed E-state index contributed by atoms with van der Waals surface area (Å²) < 4.78 is 31.6. The molecule has 1 spiro atoms. The summed E-state index contributed by atoms with van der Waals surface area (Å²) in [5.74, 6) is -2.58. The fraction of sp³-hybridized carbons (Fsp3) is 0.867. The number of nitrogens with one attached hydrogen (secondary N) is 1. The maximum Gasteiger partial charge on any atom is 0.408 e. The van der Waals surface area contributed by atoms with Crippen LogP contribution in [-0.2, 0) is 9.53 Å². The zero-order chi connectivity index (χ0) is 15.9. The van der Waals surface area contributed by atoms with Gasteiger partial charge in [0.15, 0.2) is 0 Å². The smallest absolute Gasteiger partial charge is 0.408 e. The first-order valence-corrected chi connectivity index (χ1v) is 7.34. The molecule has 0 unspecified atom stereocenters. The average molecular weight is 303 g/mol. The summed E-state index contributed by atoms with van der Waals surface area (Å²) in [6, 6.07) is 0. The van der Waals surface area contributed by atoms with E-state index < -0.39 is 23.2 Å². The third kappa shape index (κ3) is 3.71. The molecule has 2 aliphatic carbocycles. The van der Waals surface area contributed by atoms with Gasteiger partial charge in [-0.05, 0) is 51.9 Å². The summed E-state index contributed by atoms with van der Waals surface area (Å²) >= 11 is 0. The van der Waals surface area contributed by atoms with Crippen molar-refractivity contribution in [3.05, 3.63) is 0 Å². The maximum atomic E-state index is 13.2. The van der Waals surface area contributed by atoms with E-state index in [1.165, 1.54) is 0 Å². The van der Waals surface area contributed by atoms with E-state index in [-0.39, 0.29) is 18.3 Å². The van der Waals surface area contributed by atoms with E-state index in [9.17, 15) is 18.4 Å². The number of alkyl carbamates (subject to hydrolysis) is 1. The van der Waals surface area contributed by atoms with E-state index in [0.29, 0.717) is 25.7 Å². The first-order valence-electron chi connectivity index (χ1n) is 7.34. The number of carbonyl (C=O) groups is 2. The molecule has 6 heteroatoms. The standard InChI is InChI=1S/C15H23F2NO3/c1-12(2,3)21-11(20)18-14(10-19)8-13(9-14)4-6-15(16,17)7-5-13/h10H,4-9H2,1-3H3,(H,18,20). The first-order chi connectivity index (χ1) is 9.49. The number of hydrogen-bond donors (Lipinski definition) is 1. The Bertz CT molecular complexity index is 425. The molecule has 2 rings (SSSR count). The van der Waals surface area contributed by atoms with E-state index in [1.54, 1.807) is 20.8 Å². The van der Waals surface area contributed by atoms with Crippen LogP contribution in [0.15, 0.2) is 0 Å². The number of carbonyl (C=O) groups excluding carboxylic acids is 2. The number of aldehydes is 1. The second-order valence-corrected chi connectivity index (χ2v) is 7.61. The lowest BCUT2D eigenvalue weighted by atomic mass is 9.52. The van der Waals surface area contributed by atoms with Gasteiger partial charge in [0.25, 0.3) is 0 Å². The van der Waals surface area contributed by atoms with Crippen LogP contribution in [0.4, 0.5) is 13.6 Å². The van der Waals surface area contributed by atoms with Gasteiger partial charge in [-0.25, -0.2) is 13.6 Å². The molecular formula is C15H23F2NO3. The Morgan fingerprint density at radius 1 is 1.14 bits per heavy atom. The molecule has 120 valence electrons. The highest BCUT2D eigenvalue weighted by atomic mass is 19.3. The van der Waals surface area contributed by atoms with E-state index in [1.807, 2.05) is 0 Å². The molecule has 0 atom stereocenters. The monoisotopic (exact) mass is 303 g/mol. The lowest BCUT2D eigenvalue weighted by molar-refractivity contribution is -0.136. The van der Waals surface area contributed by atoms with Gasteiger partial charge in [0.2, 0.25) is 5.92 Å². The Balaban J connectivity index is 1.92. The highest BCUT2D eigenvalue weighted by Crippen LogP contribution is 2.58. The van der Waals surface area contributed by atoms with E-state index >= 15 is 0 Å². The number of ether oxygens (including phenoxy) is 1. The molecule has 0 aromatic carbocycles. The number of amides is 1. The van der Waals surface area contributed by atoms with Crippen molar-refractivity contribution in [1.82, 2.24) is 5.32 Å². The van der Waals surface area contributed by atoms with Crippen molar-refractivity contribution in [2.75, 3.05) is 0 Å². The zero-order valence-electron chi connectivity index (χ0n) is 12.8. The van der Waals surface area contributed by atoms with Crippen LogP contribution in [-0.4, -0.2) is 29.4 Å². The Kier molecular flexibility index (Phi) is 3.79. The van der Waals surface area contributed by atoms with Crippen LogP contribution >= 0.6 is 0 Å². The molecule has 0 aromatic rings. The van der Waals surface area contributed by atoms with Gasteiger partial charge >= 0.3 is 6.09 Å². The average Bonchev–Trinajstić information content (AvgIpc) is 2.27. The lowest BCUT2D eigenvalue weighted by Crippen LogP contribution is -2.64. The molecule has 1 N–H and O–H groups in total. The van der Waals surface area contributed by atoms with Gasteiger partial charge in [-0.1, -0.05) is 0 Å². The van der Waals surface area contributed by atoms with E-state index in [2.05, 4.69) is 5.32 Å². The molecule has 0 aromatic heterocycles. The fourth-order valence-electron chi connectivity index (χ4n) is 3.49. The third-order valence-electron chi connectivity index (χ3n) is 4.40. The van der Waals surface area contributed by atoms with Crippen molar-refractivity contribution in [3.63, 3.8) is 0 Å². The van der Waals surface area contributed by atoms with Crippen molar-refractivity contribution >= 4 is 12.4 Å². The minimum absolute atomic E-state index is 0.131. The van der Waals surface area contributed by atoms with Gasteiger partial charge in [0.05, 0.1) is 5.54 Å². The lowest BCUT2D eigenvalue weighted by Gasteiger charge is -2.56. The molecule has 0 radical (unpaired) electrons. The van der Waals surface area contributed by atoms with Crippen molar-refractivity contribution in [2.24, 2.45) is 5.41 Å². The van der Waals surface area contributed by atoms with Crippen molar-refractivity contribution in [2.45, 2.75) is 76.4 Å². The molecule has 0 heterocycles. The van der Waals surface area contributed by atoms with Crippen molar-refractivity contribution in [1.29, 1.82) is 0 Å². The molecule has 0 aliphatic heterocycles. The summed E-state index contributed by atoms with van der Waals surface area (Å²) in [5, 5.41) is 2.61. The number of hydrogen-bond acceptors (Lipinski definition) is 3. The second-order valence-electron chi connectivity index (χ2n) is 7.61. The molecule has 1 amide bonds. The molecule has 0 saturated heterocycles. The zero-order valence-corrected chi connectivity index (χ0v) is 12.8. The second kappa shape index (κ2) is 4.92. The van der Waals surface area contributed by atoms with Crippen LogP contribution < -0.4 is 5.32 Å². The first kappa shape index (κ1) is 16.2. The summed E-state index contributed by atoms with van der Waals surface area (Å²) in [6.07, 6.45) is 1.50. The Morgan fingerprint density at radius 3 is 2.10 bits per heavy atom. The van der Waals surface area contributed by atoms with E-state index in [0.717, 1.165) is 6.29 Å². The van der Waals surface area contributed by atoms with Crippen LogP contribution in [0.5, 0.6) is 0 Å². The molecule has 2 aliphatic rings. The number of alkyl halides is 2. The van der Waals surface area contributed by atoms with Gasteiger partial charge in [-0.15, -0.1) is 0 Å². The summed E-state index contributed by atoms with van der Waals surface area (Å²) in [5.41, 5.74) is -1.81. The van der Waals surface area contributed by atoms with Gasteiger partial charge in [0.1, 0.15) is 11.9 Å². The Labute approximate surface area is 123 Å². The summed E-state index contributed by atoms with van der Waals surface area (Å²) in [6.45, 7) is 5.23. The SMILES string of the molecule is CC(C)(C)OC(=O)NC1(C=O)CC2(CCC(F)(F)CC2)C1. The minimum atomic E-state index is -2.58. The van der Waals surface area contributed by atoms with Gasteiger partial charge in [-0.2, -0.15) is 0 Å². The largest absolute Gasteiger partial charge is 0.444 e. The predicted octanol–water partition coefficient (Wildman–Crippen LogP) is 3.44. The van der Waals surface area contributed by atoms with Crippen LogP contribution in [0.1, 0.15) is 59.3 Å². The van der Waals surface area contributed by atoms with Crippen molar-refractivity contribution in [3.8, 4) is 0 Å². The quantitative estimate of drug-likeness (QED) is 0.795. The third-order valence-corrected chi connectivity index (χ3v) is 4.40. The predicted molar refractivity (Wildman–Crippen MR) is 73.2 cm³/mol.